The Morgan fingerprint density at radius 3 is 2.55 bits per heavy atom. The van der Waals surface area contributed by atoms with Crippen LogP contribution in [0.15, 0.2) is 22.7 Å². The number of ether oxygens (including phenoxy) is 1. The summed E-state index contributed by atoms with van der Waals surface area (Å²) in [5, 5.41) is 11.8. The highest BCUT2D eigenvalue weighted by Crippen LogP contribution is 2.28. The molecule has 0 saturated heterocycles. The number of carboxylic acid groups (broad SMARTS) is 1. The van der Waals surface area contributed by atoms with E-state index in [9.17, 15) is 14.7 Å². The molecule has 0 aliphatic rings. The summed E-state index contributed by atoms with van der Waals surface area (Å²) in [6, 6.07) is 3.84. The molecule has 0 aliphatic carbocycles. The van der Waals surface area contributed by atoms with Crippen LogP contribution in [0.1, 0.15) is 31.9 Å². The van der Waals surface area contributed by atoms with Crippen LogP contribution < -0.4 is 10.1 Å². The number of carbonyl (C=O) groups excluding carboxylic acids is 1. The van der Waals surface area contributed by atoms with E-state index in [1.807, 2.05) is 6.92 Å². The third-order valence-electron chi connectivity index (χ3n) is 3.10. The number of aliphatic carboxylic acids is 1. The normalized spacial score (nSPS) is 13.4. The first-order valence-electron chi connectivity index (χ1n) is 6.27. The Bertz CT molecular complexity index is 504. The van der Waals surface area contributed by atoms with Crippen molar-refractivity contribution < 1.29 is 19.4 Å². The van der Waals surface area contributed by atoms with Crippen LogP contribution in [0, 0.1) is 5.92 Å². The molecule has 2 unspecified atom stereocenters. The number of methoxy groups -OCH3 is 1. The third kappa shape index (κ3) is 3.96. The van der Waals surface area contributed by atoms with Crippen molar-refractivity contribution in [2.24, 2.45) is 5.92 Å². The molecule has 1 amide bonds. The van der Waals surface area contributed by atoms with Gasteiger partial charge in [0.2, 0.25) is 5.91 Å². The maximum absolute atomic E-state index is 11.9. The molecule has 5 nitrogen and oxygen atoms in total. The number of benzene rings is 1. The van der Waals surface area contributed by atoms with Gasteiger partial charge < -0.3 is 15.2 Å². The summed E-state index contributed by atoms with van der Waals surface area (Å²) in [5.74, 6) is -0.991. The molecule has 1 aromatic carbocycles. The molecule has 2 atom stereocenters. The van der Waals surface area contributed by atoms with Crippen molar-refractivity contribution >= 4 is 27.8 Å². The molecule has 0 fully saturated rings. The van der Waals surface area contributed by atoms with Gasteiger partial charge >= 0.3 is 5.97 Å². The van der Waals surface area contributed by atoms with Crippen molar-refractivity contribution in [1.82, 2.24) is 5.32 Å². The number of carboxylic acids is 1. The van der Waals surface area contributed by atoms with Gasteiger partial charge in [-0.3, -0.25) is 4.79 Å². The van der Waals surface area contributed by atoms with E-state index in [0.717, 1.165) is 0 Å². The molecule has 0 aliphatic heterocycles. The van der Waals surface area contributed by atoms with Gasteiger partial charge in [-0.1, -0.05) is 19.9 Å². The minimum absolute atomic E-state index is 0.224. The Kier molecular flexibility index (Phi) is 6.01. The zero-order valence-corrected chi connectivity index (χ0v) is 13.2. The zero-order valence-electron chi connectivity index (χ0n) is 11.6. The second kappa shape index (κ2) is 7.28. The summed E-state index contributed by atoms with van der Waals surface area (Å²) >= 11 is 3.30. The van der Waals surface area contributed by atoms with Crippen LogP contribution in [0.4, 0.5) is 0 Å². The molecule has 1 rings (SSSR count). The summed E-state index contributed by atoms with van der Waals surface area (Å²) in [6.07, 6.45) is 0.657. The van der Waals surface area contributed by atoms with Gasteiger partial charge in [0.25, 0.3) is 0 Å². The fourth-order valence-corrected chi connectivity index (χ4v) is 2.18. The standard InChI is InChI=1S/C14H18BrNO4/c1-4-8(2)13(17)16-12(14(18)19)9-5-6-11(20-3)10(15)7-9/h5-8,12H,4H2,1-3H3,(H,16,17)(H,18,19). The van der Waals surface area contributed by atoms with Crippen LogP contribution in [0.2, 0.25) is 0 Å². The largest absolute Gasteiger partial charge is 0.496 e. The Balaban J connectivity index is 3.00. The molecular weight excluding hydrogens is 326 g/mol. The highest BCUT2D eigenvalue weighted by molar-refractivity contribution is 9.10. The van der Waals surface area contributed by atoms with E-state index < -0.39 is 12.0 Å². The summed E-state index contributed by atoms with van der Waals surface area (Å²) in [5.41, 5.74) is 0.488. The highest BCUT2D eigenvalue weighted by atomic mass is 79.9. The summed E-state index contributed by atoms with van der Waals surface area (Å²) in [4.78, 5) is 23.2. The molecular formula is C14H18BrNO4. The lowest BCUT2D eigenvalue weighted by molar-refractivity contribution is -0.142. The second-order valence-corrected chi connectivity index (χ2v) is 5.34. The van der Waals surface area contributed by atoms with Gasteiger partial charge in [-0.15, -0.1) is 0 Å². The smallest absolute Gasteiger partial charge is 0.330 e. The van der Waals surface area contributed by atoms with Crippen LogP contribution in [0.25, 0.3) is 0 Å². The van der Waals surface area contributed by atoms with Crippen LogP contribution in [-0.2, 0) is 9.59 Å². The first kappa shape index (κ1) is 16.5. The molecule has 1 aromatic rings. The van der Waals surface area contributed by atoms with Gasteiger partial charge in [-0.25, -0.2) is 4.79 Å². The molecule has 0 saturated carbocycles. The third-order valence-corrected chi connectivity index (χ3v) is 3.72. The van der Waals surface area contributed by atoms with E-state index >= 15 is 0 Å². The topological polar surface area (TPSA) is 75.6 Å². The second-order valence-electron chi connectivity index (χ2n) is 4.48. The maximum atomic E-state index is 11.9. The number of nitrogens with one attached hydrogen (secondary N) is 1. The predicted molar refractivity (Wildman–Crippen MR) is 78.7 cm³/mol. The number of hydrogen-bond donors (Lipinski definition) is 2. The van der Waals surface area contributed by atoms with Gasteiger partial charge in [-0.05, 0) is 40.0 Å². The monoisotopic (exact) mass is 343 g/mol. The lowest BCUT2D eigenvalue weighted by Crippen LogP contribution is -2.36. The Morgan fingerprint density at radius 1 is 1.45 bits per heavy atom. The molecule has 0 bridgehead atoms. The lowest BCUT2D eigenvalue weighted by atomic mass is 10.0. The Hall–Kier alpha value is -1.56. The summed E-state index contributed by atoms with van der Waals surface area (Å²) in [6.45, 7) is 3.64. The molecule has 0 aromatic heterocycles. The fourth-order valence-electron chi connectivity index (χ4n) is 1.62. The number of amides is 1. The molecule has 0 spiro atoms. The minimum Gasteiger partial charge on any atom is -0.496 e. The number of hydrogen-bond acceptors (Lipinski definition) is 3. The van der Waals surface area contributed by atoms with Crippen molar-refractivity contribution in [2.75, 3.05) is 7.11 Å². The average molecular weight is 344 g/mol. The van der Waals surface area contributed by atoms with E-state index in [4.69, 9.17) is 4.74 Å². The highest BCUT2D eigenvalue weighted by Gasteiger charge is 2.24. The van der Waals surface area contributed by atoms with Crippen LogP contribution in [0.5, 0.6) is 5.75 Å². The van der Waals surface area contributed by atoms with Gasteiger partial charge in [0.15, 0.2) is 6.04 Å². The van der Waals surface area contributed by atoms with Gasteiger partial charge in [0.05, 0.1) is 11.6 Å². The Morgan fingerprint density at radius 2 is 2.10 bits per heavy atom. The van der Waals surface area contributed by atoms with Crippen LogP contribution in [0.3, 0.4) is 0 Å². The van der Waals surface area contributed by atoms with Gasteiger partial charge in [0.1, 0.15) is 5.75 Å². The molecule has 110 valence electrons. The van der Waals surface area contributed by atoms with Crippen molar-refractivity contribution in [3.63, 3.8) is 0 Å². The van der Waals surface area contributed by atoms with Gasteiger partial charge in [-0.2, -0.15) is 0 Å². The Labute approximate surface area is 126 Å². The predicted octanol–water partition coefficient (Wildman–Crippen LogP) is 2.75. The van der Waals surface area contributed by atoms with Crippen molar-refractivity contribution in [1.29, 1.82) is 0 Å². The van der Waals surface area contributed by atoms with E-state index in [2.05, 4.69) is 21.2 Å². The first-order valence-corrected chi connectivity index (χ1v) is 7.06. The zero-order chi connectivity index (χ0) is 15.3. The molecule has 0 heterocycles. The van der Waals surface area contributed by atoms with E-state index in [0.29, 0.717) is 22.2 Å². The van der Waals surface area contributed by atoms with Crippen molar-refractivity contribution in [2.45, 2.75) is 26.3 Å². The number of rotatable bonds is 6. The molecule has 2 N–H and O–H groups in total. The number of carbonyl (C=O) groups is 2. The number of halogens is 1. The average Bonchev–Trinajstić information content (AvgIpc) is 2.43. The molecule has 20 heavy (non-hydrogen) atoms. The van der Waals surface area contributed by atoms with Gasteiger partial charge in [0, 0.05) is 5.92 Å². The summed E-state index contributed by atoms with van der Waals surface area (Å²) in [7, 11) is 1.53. The fraction of sp³-hybridized carbons (Fsp3) is 0.429. The van der Waals surface area contributed by atoms with Crippen LogP contribution >= 0.6 is 15.9 Å². The van der Waals surface area contributed by atoms with Crippen molar-refractivity contribution in [3.8, 4) is 5.75 Å². The molecule has 6 heteroatoms. The summed E-state index contributed by atoms with van der Waals surface area (Å²) < 4.78 is 5.74. The first-order chi connectivity index (χ1) is 9.40. The lowest BCUT2D eigenvalue weighted by Gasteiger charge is -2.18. The van der Waals surface area contributed by atoms with Crippen molar-refractivity contribution in [3.05, 3.63) is 28.2 Å². The molecule has 0 radical (unpaired) electrons. The van der Waals surface area contributed by atoms with E-state index in [1.165, 1.54) is 7.11 Å². The van der Waals surface area contributed by atoms with E-state index in [1.54, 1.807) is 25.1 Å². The SMILES string of the molecule is CCC(C)C(=O)NC(C(=O)O)c1ccc(OC)c(Br)c1. The quantitative estimate of drug-likeness (QED) is 0.832. The minimum atomic E-state index is -1.10. The van der Waals surface area contributed by atoms with Crippen LogP contribution in [-0.4, -0.2) is 24.1 Å². The maximum Gasteiger partial charge on any atom is 0.330 e. The van der Waals surface area contributed by atoms with E-state index in [-0.39, 0.29) is 11.8 Å².